The highest BCUT2D eigenvalue weighted by atomic mass is 35.5. The minimum atomic E-state index is -4.58. The van der Waals surface area contributed by atoms with Gasteiger partial charge in [0.05, 0.1) is 22.7 Å². The molecular weight excluding hydrogens is 375 g/mol. The van der Waals surface area contributed by atoms with Crippen LogP contribution in [0.4, 0.5) is 18.9 Å². The largest absolute Gasteiger partial charge is 0.508 e. The smallest absolute Gasteiger partial charge is 0.416 e. The van der Waals surface area contributed by atoms with Gasteiger partial charge < -0.3 is 15.2 Å². The van der Waals surface area contributed by atoms with Crippen molar-refractivity contribution in [1.82, 2.24) is 0 Å². The zero-order chi connectivity index (χ0) is 19.3. The molecule has 0 bridgehead atoms. The first-order valence-corrected chi connectivity index (χ1v) is 7.63. The quantitative estimate of drug-likeness (QED) is 0.765. The predicted molar refractivity (Wildman–Crippen MR) is 87.9 cm³/mol. The summed E-state index contributed by atoms with van der Waals surface area (Å²) in [6.07, 6.45) is -4.71. The van der Waals surface area contributed by atoms with Gasteiger partial charge in [-0.1, -0.05) is 23.7 Å². The lowest BCUT2D eigenvalue weighted by Crippen LogP contribution is -2.22. The number of hydrogen-bond acceptors (Lipinski definition) is 4. The molecule has 0 aromatic heterocycles. The minimum Gasteiger partial charge on any atom is -0.508 e. The van der Waals surface area contributed by atoms with Crippen molar-refractivity contribution < 1.29 is 32.6 Å². The standard InChI is InChI=1S/C17H13ClF3NO4/c18-13-6-3-11(17(19,20)21)8-14(13)22-15(24)9-26-16(25)7-10-1-4-12(23)5-2-10/h1-6,8,23H,7,9H2,(H,22,24). The van der Waals surface area contributed by atoms with E-state index in [1.807, 2.05) is 0 Å². The summed E-state index contributed by atoms with van der Waals surface area (Å²) in [5.41, 5.74) is -0.642. The number of rotatable bonds is 5. The van der Waals surface area contributed by atoms with E-state index < -0.39 is 30.2 Å². The monoisotopic (exact) mass is 387 g/mol. The Balaban J connectivity index is 1.90. The van der Waals surface area contributed by atoms with Gasteiger partial charge >= 0.3 is 12.1 Å². The van der Waals surface area contributed by atoms with Crippen LogP contribution in [0.15, 0.2) is 42.5 Å². The van der Waals surface area contributed by atoms with Gasteiger partial charge in [0.1, 0.15) is 5.75 Å². The van der Waals surface area contributed by atoms with Gasteiger partial charge in [0, 0.05) is 0 Å². The van der Waals surface area contributed by atoms with Crippen molar-refractivity contribution in [3.05, 3.63) is 58.6 Å². The first-order chi connectivity index (χ1) is 12.1. The van der Waals surface area contributed by atoms with Crippen LogP contribution in [0.2, 0.25) is 5.02 Å². The number of phenolic OH excluding ortho intramolecular Hbond substituents is 1. The Kier molecular flexibility index (Phi) is 6.10. The molecule has 5 nitrogen and oxygen atoms in total. The molecule has 2 rings (SSSR count). The molecule has 138 valence electrons. The molecule has 0 aliphatic carbocycles. The van der Waals surface area contributed by atoms with E-state index in [1.165, 1.54) is 24.3 Å². The molecule has 0 heterocycles. The molecule has 0 saturated heterocycles. The van der Waals surface area contributed by atoms with Crippen LogP contribution in [0.5, 0.6) is 5.75 Å². The van der Waals surface area contributed by atoms with Crippen LogP contribution in [0.3, 0.4) is 0 Å². The molecule has 0 aliphatic rings. The molecule has 0 saturated carbocycles. The Morgan fingerprint density at radius 2 is 1.77 bits per heavy atom. The van der Waals surface area contributed by atoms with E-state index in [-0.39, 0.29) is 22.9 Å². The topological polar surface area (TPSA) is 75.6 Å². The van der Waals surface area contributed by atoms with Crippen LogP contribution >= 0.6 is 11.6 Å². The summed E-state index contributed by atoms with van der Waals surface area (Å²) in [5, 5.41) is 11.2. The Hall–Kier alpha value is -2.74. The highest BCUT2D eigenvalue weighted by Crippen LogP contribution is 2.33. The maximum Gasteiger partial charge on any atom is 0.416 e. The van der Waals surface area contributed by atoms with Crippen molar-refractivity contribution in [3.63, 3.8) is 0 Å². The number of halogens is 4. The second kappa shape index (κ2) is 8.09. The van der Waals surface area contributed by atoms with E-state index in [0.717, 1.165) is 12.1 Å². The van der Waals surface area contributed by atoms with E-state index in [0.29, 0.717) is 11.6 Å². The second-order valence-corrected chi connectivity index (χ2v) is 5.65. The molecule has 2 aromatic carbocycles. The number of carbonyl (C=O) groups is 2. The van der Waals surface area contributed by atoms with E-state index in [4.69, 9.17) is 21.4 Å². The van der Waals surface area contributed by atoms with Crippen molar-refractivity contribution in [2.45, 2.75) is 12.6 Å². The Labute approximate surface area is 151 Å². The molecule has 2 aromatic rings. The number of benzene rings is 2. The Morgan fingerprint density at radius 3 is 2.38 bits per heavy atom. The number of amides is 1. The maximum atomic E-state index is 12.7. The van der Waals surface area contributed by atoms with E-state index in [1.54, 1.807) is 0 Å². The number of ether oxygens (including phenoxy) is 1. The van der Waals surface area contributed by atoms with Gasteiger partial charge in [-0.15, -0.1) is 0 Å². The molecule has 0 spiro atoms. The number of phenols is 1. The number of hydrogen-bond donors (Lipinski definition) is 2. The molecule has 2 N–H and O–H groups in total. The fourth-order valence-corrected chi connectivity index (χ4v) is 2.13. The highest BCUT2D eigenvalue weighted by Gasteiger charge is 2.31. The van der Waals surface area contributed by atoms with Crippen LogP contribution in [-0.2, 0) is 26.9 Å². The summed E-state index contributed by atoms with van der Waals surface area (Å²) in [5.74, 6) is -1.49. The zero-order valence-corrected chi connectivity index (χ0v) is 13.9. The molecule has 26 heavy (non-hydrogen) atoms. The fraction of sp³-hybridized carbons (Fsp3) is 0.176. The van der Waals surface area contributed by atoms with Crippen LogP contribution in [-0.4, -0.2) is 23.6 Å². The molecule has 0 unspecified atom stereocenters. The fourth-order valence-electron chi connectivity index (χ4n) is 1.96. The lowest BCUT2D eigenvalue weighted by atomic mass is 10.1. The third-order valence-electron chi connectivity index (χ3n) is 3.22. The Bertz CT molecular complexity index is 807. The van der Waals surface area contributed by atoms with Crippen molar-refractivity contribution in [2.24, 2.45) is 0 Å². The van der Waals surface area contributed by atoms with Crippen molar-refractivity contribution in [2.75, 3.05) is 11.9 Å². The summed E-state index contributed by atoms with van der Waals surface area (Å²) in [4.78, 5) is 23.4. The third-order valence-corrected chi connectivity index (χ3v) is 3.55. The SMILES string of the molecule is O=C(COC(=O)Cc1ccc(O)cc1)Nc1cc(C(F)(F)F)ccc1Cl. The number of carbonyl (C=O) groups excluding carboxylic acids is 2. The average Bonchev–Trinajstić information content (AvgIpc) is 2.56. The summed E-state index contributed by atoms with van der Waals surface area (Å²) in [6.45, 7) is -0.677. The number of alkyl halides is 3. The first kappa shape index (κ1) is 19.6. The third kappa shape index (κ3) is 5.66. The summed E-state index contributed by atoms with van der Waals surface area (Å²) in [6, 6.07) is 8.30. The van der Waals surface area contributed by atoms with Crippen molar-refractivity contribution in [3.8, 4) is 5.75 Å². The number of aromatic hydroxyl groups is 1. The van der Waals surface area contributed by atoms with Gasteiger partial charge in [-0.2, -0.15) is 13.2 Å². The molecule has 0 fully saturated rings. The van der Waals surface area contributed by atoms with Gasteiger partial charge in [0.25, 0.3) is 5.91 Å². The van der Waals surface area contributed by atoms with Gasteiger partial charge in [-0.05, 0) is 35.9 Å². The van der Waals surface area contributed by atoms with Crippen LogP contribution in [0.25, 0.3) is 0 Å². The predicted octanol–water partition coefficient (Wildman–Crippen LogP) is 3.79. The average molecular weight is 388 g/mol. The highest BCUT2D eigenvalue weighted by molar-refractivity contribution is 6.33. The summed E-state index contributed by atoms with van der Waals surface area (Å²) in [7, 11) is 0. The van der Waals surface area contributed by atoms with Gasteiger partial charge in [-0.3, -0.25) is 9.59 Å². The molecule has 0 aliphatic heterocycles. The second-order valence-electron chi connectivity index (χ2n) is 5.24. The zero-order valence-electron chi connectivity index (χ0n) is 13.1. The van der Waals surface area contributed by atoms with Gasteiger partial charge in [0.2, 0.25) is 0 Å². The van der Waals surface area contributed by atoms with Crippen molar-refractivity contribution >= 4 is 29.2 Å². The normalized spacial score (nSPS) is 11.1. The maximum absolute atomic E-state index is 12.7. The number of nitrogens with one attached hydrogen (secondary N) is 1. The summed E-state index contributed by atoms with van der Waals surface area (Å²) >= 11 is 5.76. The number of esters is 1. The van der Waals surface area contributed by atoms with Crippen LogP contribution < -0.4 is 5.32 Å². The molecule has 9 heteroatoms. The van der Waals surface area contributed by atoms with E-state index in [2.05, 4.69) is 5.32 Å². The summed E-state index contributed by atoms with van der Waals surface area (Å²) < 4.78 is 42.8. The molecule has 0 radical (unpaired) electrons. The van der Waals surface area contributed by atoms with Gasteiger partial charge in [0.15, 0.2) is 6.61 Å². The lowest BCUT2D eigenvalue weighted by molar-refractivity contribution is -0.146. The van der Waals surface area contributed by atoms with Crippen LogP contribution in [0, 0.1) is 0 Å². The Morgan fingerprint density at radius 1 is 1.12 bits per heavy atom. The molecule has 0 atom stereocenters. The molecule has 1 amide bonds. The van der Waals surface area contributed by atoms with Gasteiger partial charge in [-0.25, -0.2) is 0 Å². The molecular formula is C17H13ClF3NO4. The van der Waals surface area contributed by atoms with E-state index >= 15 is 0 Å². The lowest BCUT2D eigenvalue weighted by Gasteiger charge is -2.12. The minimum absolute atomic E-state index is 0.0412. The van der Waals surface area contributed by atoms with Crippen LogP contribution in [0.1, 0.15) is 11.1 Å². The van der Waals surface area contributed by atoms with E-state index in [9.17, 15) is 22.8 Å². The first-order valence-electron chi connectivity index (χ1n) is 7.25. The van der Waals surface area contributed by atoms with Crippen molar-refractivity contribution in [1.29, 1.82) is 0 Å². The number of anilines is 1.